The third kappa shape index (κ3) is 2.26. The number of hydrogen-bond acceptors (Lipinski definition) is 1. The molecule has 2 rings (SSSR count). The lowest BCUT2D eigenvalue weighted by Crippen LogP contribution is -1.93. The minimum Gasteiger partial charge on any atom is -0.496 e. The molecule has 0 unspecified atom stereocenters. The first-order chi connectivity index (χ1) is 8.52. The van der Waals surface area contributed by atoms with Gasteiger partial charge in [-0.3, -0.25) is 0 Å². The van der Waals surface area contributed by atoms with Crippen molar-refractivity contribution < 1.29 is 4.74 Å². The summed E-state index contributed by atoms with van der Waals surface area (Å²) in [5.41, 5.74) is 7.66. The predicted molar refractivity (Wildman–Crippen MR) is 77.4 cm³/mol. The molecule has 0 heterocycles. The maximum absolute atomic E-state index is 5.37. The lowest BCUT2D eigenvalue weighted by molar-refractivity contribution is 0.411. The largest absolute Gasteiger partial charge is 0.496 e. The van der Waals surface area contributed by atoms with Gasteiger partial charge in [0.2, 0.25) is 0 Å². The van der Waals surface area contributed by atoms with E-state index in [-0.39, 0.29) is 0 Å². The van der Waals surface area contributed by atoms with Gasteiger partial charge in [-0.1, -0.05) is 23.8 Å². The molecule has 0 aliphatic rings. The molecule has 0 saturated carbocycles. The van der Waals surface area contributed by atoms with Gasteiger partial charge in [0.1, 0.15) is 5.75 Å². The molecule has 0 radical (unpaired) electrons. The summed E-state index contributed by atoms with van der Waals surface area (Å²) in [6.07, 6.45) is 0. The molecule has 0 N–H and O–H groups in total. The van der Waals surface area contributed by atoms with Crippen LogP contribution in [0.15, 0.2) is 30.3 Å². The van der Waals surface area contributed by atoms with E-state index in [2.05, 4.69) is 58.0 Å². The summed E-state index contributed by atoms with van der Waals surface area (Å²) in [6.45, 7) is 8.52. The zero-order chi connectivity index (χ0) is 13.3. The van der Waals surface area contributed by atoms with Gasteiger partial charge in [0, 0.05) is 0 Å². The van der Waals surface area contributed by atoms with Gasteiger partial charge in [-0.15, -0.1) is 0 Å². The fourth-order valence-corrected chi connectivity index (χ4v) is 2.33. The van der Waals surface area contributed by atoms with E-state index < -0.39 is 0 Å². The molecule has 2 aromatic rings. The number of benzene rings is 2. The molecule has 0 saturated heterocycles. The number of ether oxygens (including phenoxy) is 1. The highest BCUT2D eigenvalue weighted by molar-refractivity contribution is 5.72. The summed E-state index contributed by atoms with van der Waals surface area (Å²) in [6, 6.07) is 10.9. The summed E-state index contributed by atoms with van der Waals surface area (Å²) >= 11 is 0. The van der Waals surface area contributed by atoms with Crippen molar-refractivity contribution in [2.75, 3.05) is 7.11 Å². The monoisotopic (exact) mass is 240 g/mol. The van der Waals surface area contributed by atoms with E-state index in [1.807, 2.05) is 0 Å². The third-order valence-electron chi connectivity index (χ3n) is 3.43. The van der Waals surface area contributed by atoms with Crippen molar-refractivity contribution in [1.29, 1.82) is 0 Å². The molecule has 0 atom stereocenters. The minimum atomic E-state index is 0.960. The molecule has 0 bridgehead atoms. The van der Waals surface area contributed by atoms with Crippen molar-refractivity contribution in [3.05, 3.63) is 52.6 Å². The zero-order valence-corrected chi connectivity index (χ0v) is 11.8. The summed E-state index contributed by atoms with van der Waals surface area (Å²) in [5.74, 6) is 0.960. The van der Waals surface area contributed by atoms with Crippen LogP contribution in [0.3, 0.4) is 0 Å². The number of rotatable bonds is 2. The lowest BCUT2D eigenvalue weighted by Gasteiger charge is -2.14. The Hall–Kier alpha value is -1.76. The van der Waals surface area contributed by atoms with Crippen molar-refractivity contribution in [2.24, 2.45) is 0 Å². The normalized spacial score (nSPS) is 10.5. The second-order valence-corrected chi connectivity index (χ2v) is 4.96. The quantitative estimate of drug-likeness (QED) is 0.745. The van der Waals surface area contributed by atoms with Crippen LogP contribution < -0.4 is 4.74 Å². The molecule has 18 heavy (non-hydrogen) atoms. The Kier molecular flexibility index (Phi) is 3.42. The smallest absolute Gasteiger partial charge is 0.122 e. The Bertz CT molecular complexity index is 582. The van der Waals surface area contributed by atoms with Gasteiger partial charge >= 0.3 is 0 Å². The van der Waals surface area contributed by atoms with Gasteiger partial charge in [0.15, 0.2) is 0 Å². The molecule has 0 amide bonds. The fourth-order valence-electron chi connectivity index (χ4n) is 2.33. The Morgan fingerprint density at radius 1 is 0.722 bits per heavy atom. The summed E-state index contributed by atoms with van der Waals surface area (Å²) in [4.78, 5) is 0. The molecule has 0 aliphatic heterocycles. The summed E-state index contributed by atoms with van der Waals surface area (Å²) in [5, 5.41) is 0. The lowest BCUT2D eigenvalue weighted by atomic mass is 9.93. The van der Waals surface area contributed by atoms with E-state index in [0.29, 0.717) is 0 Å². The van der Waals surface area contributed by atoms with E-state index in [4.69, 9.17) is 4.74 Å². The third-order valence-corrected chi connectivity index (χ3v) is 3.43. The molecular formula is C17H20O. The molecule has 0 fully saturated rings. The molecule has 0 aliphatic carbocycles. The van der Waals surface area contributed by atoms with Crippen LogP contribution >= 0.6 is 0 Å². The van der Waals surface area contributed by atoms with Gasteiger partial charge < -0.3 is 4.74 Å². The summed E-state index contributed by atoms with van der Waals surface area (Å²) in [7, 11) is 1.72. The van der Waals surface area contributed by atoms with Gasteiger partial charge in [-0.05, 0) is 67.6 Å². The maximum atomic E-state index is 5.37. The Morgan fingerprint density at radius 2 is 1.39 bits per heavy atom. The summed E-state index contributed by atoms with van der Waals surface area (Å²) < 4.78 is 5.37. The first kappa shape index (κ1) is 12.7. The topological polar surface area (TPSA) is 9.23 Å². The standard InChI is InChI=1S/C17H20O/c1-11-6-7-12(2)15(8-11)16-9-14(4)17(18-5)10-13(16)3/h6-10H,1-5H3. The van der Waals surface area contributed by atoms with E-state index >= 15 is 0 Å². The van der Waals surface area contributed by atoms with Crippen LogP contribution in [0, 0.1) is 27.7 Å². The number of methoxy groups -OCH3 is 1. The Balaban J connectivity index is 2.64. The van der Waals surface area contributed by atoms with E-state index in [1.54, 1.807) is 7.11 Å². The van der Waals surface area contributed by atoms with Gasteiger partial charge in [-0.2, -0.15) is 0 Å². The van der Waals surface area contributed by atoms with Gasteiger partial charge in [0.05, 0.1) is 7.11 Å². The van der Waals surface area contributed by atoms with Crippen molar-refractivity contribution >= 4 is 0 Å². The maximum Gasteiger partial charge on any atom is 0.122 e. The zero-order valence-electron chi connectivity index (χ0n) is 11.8. The first-order valence-corrected chi connectivity index (χ1v) is 6.26. The van der Waals surface area contributed by atoms with E-state index in [9.17, 15) is 0 Å². The number of hydrogen-bond donors (Lipinski definition) is 0. The van der Waals surface area contributed by atoms with Crippen LogP contribution in [-0.2, 0) is 0 Å². The van der Waals surface area contributed by atoms with Crippen molar-refractivity contribution in [1.82, 2.24) is 0 Å². The van der Waals surface area contributed by atoms with Crippen molar-refractivity contribution in [3.8, 4) is 16.9 Å². The molecule has 0 spiro atoms. The Labute approximate surface area is 109 Å². The highest BCUT2D eigenvalue weighted by Gasteiger charge is 2.09. The van der Waals surface area contributed by atoms with Crippen LogP contribution in [0.2, 0.25) is 0 Å². The second-order valence-electron chi connectivity index (χ2n) is 4.96. The van der Waals surface area contributed by atoms with Gasteiger partial charge in [-0.25, -0.2) is 0 Å². The van der Waals surface area contributed by atoms with E-state index in [1.165, 1.54) is 33.4 Å². The highest BCUT2D eigenvalue weighted by atomic mass is 16.5. The van der Waals surface area contributed by atoms with E-state index in [0.717, 1.165) is 5.75 Å². The highest BCUT2D eigenvalue weighted by Crippen LogP contribution is 2.32. The van der Waals surface area contributed by atoms with Crippen LogP contribution in [0.5, 0.6) is 5.75 Å². The van der Waals surface area contributed by atoms with Crippen LogP contribution in [0.4, 0.5) is 0 Å². The molecular weight excluding hydrogens is 220 g/mol. The predicted octanol–water partition coefficient (Wildman–Crippen LogP) is 4.60. The van der Waals surface area contributed by atoms with Gasteiger partial charge in [0.25, 0.3) is 0 Å². The van der Waals surface area contributed by atoms with Crippen LogP contribution in [0.25, 0.3) is 11.1 Å². The van der Waals surface area contributed by atoms with Crippen LogP contribution in [-0.4, -0.2) is 7.11 Å². The second kappa shape index (κ2) is 4.85. The molecule has 1 nitrogen and oxygen atoms in total. The number of aryl methyl sites for hydroxylation is 4. The molecule has 0 aromatic heterocycles. The first-order valence-electron chi connectivity index (χ1n) is 6.26. The van der Waals surface area contributed by atoms with Crippen molar-refractivity contribution in [3.63, 3.8) is 0 Å². The fraction of sp³-hybridized carbons (Fsp3) is 0.294. The molecule has 1 heteroatoms. The SMILES string of the molecule is COc1cc(C)c(-c2cc(C)ccc2C)cc1C. The average Bonchev–Trinajstić information content (AvgIpc) is 2.35. The van der Waals surface area contributed by atoms with Crippen LogP contribution in [0.1, 0.15) is 22.3 Å². The van der Waals surface area contributed by atoms with Crippen molar-refractivity contribution in [2.45, 2.75) is 27.7 Å². The minimum absolute atomic E-state index is 0.960. The average molecular weight is 240 g/mol. The molecule has 2 aromatic carbocycles. The Morgan fingerprint density at radius 3 is 2.06 bits per heavy atom. The molecule has 94 valence electrons.